The third-order valence-electron chi connectivity index (χ3n) is 9.73. The van der Waals surface area contributed by atoms with Crippen molar-refractivity contribution in [3.8, 4) is 11.5 Å². The van der Waals surface area contributed by atoms with E-state index in [9.17, 15) is 24.3 Å². The van der Waals surface area contributed by atoms with Crippen molar-refractivity contribution < 1.29 is 62.2 Å². The van der Waals surface area contributed by atoms with Crippen LogP contribution in [0.3, 0.4) is 0 Å². The molecule has 0 aromatic heterocycles. The van der Waals surface area contributed by atoms with Gasteiger partial charge >= 0.3 is 24.1 Å². The fraction of sp³-hybridized carbons (Fsp3) is 0.667. The maximum Gasteiger partial charge on any atom is 0.514 e. The standard InChI is InChI=1S/C36H47NO13/c1-18(43-29(39)25-26(48-34(8,9)47-25)30(40)49-32(2,3)4)28(38)44-21-13-14-36(42)22-17-19-11-12-20(45-31(41)50-33(5,6)7)24-23(19)35(36,27(21)46-24)15-16-37(22)10/h11-13,18,22,25-27,42H,14-17H2,1-10H3/t18-,22?,25+,26+,27-,35-,36-/m0/s1. The van der Waals surface area contributed by atoms with Crippen LogP contribution in [0.1, 0.15) is 86.3 Å². The monoisotopic (exact) mass is 701 g/mol. The summed E-state index contributed by atoms with van der Waals surface area (Å²) in [6.07, 6.45) is -3.47. The lowest BCUT2D eigenvalue weighted by Gasteiger charge is -2.61. The minimum Gasteiger partial charge on any atom is -0.477 e. The summed E-state index contributed by atoms with van der Waals surface area (Å²) in [6.45, 7) is 15.2. The number of carbonyl (C=O) groups is 4. The Morgan fingerprint density at radius 3 is 2.24 bits per heavy atom. The van der Waals surface area contributed by atoms with Crippen LogP contribution in [-0.4, -0.2) is 101 Å². The Kier molecular flexibility index (Phi) is 8.61. The van der Waals surface area contributed by atoms with Gasteiger partial charge in [-0.15, -0.1) is 0 Å². The molecule has 3 aliphatic heterocycles. The lowest BCUT2D eigenvalue weighted by Crippen LogP contribution is -2.74. The Hall–Kier alpha value is -3.72. The zero-order chi connectivity index (χ0) is 36.8. The number of ether oxygens (including phenoxy) is 8. The lowest BCUT2D eigenvalue weighted by atomic mass is 9.50. The highest BCUT2D eigenvalue weighted by Gasteiger charge is 2.72. The van der Waals surface area contributed by atoms with Crippen LogP contribution in [0.5, 0.6) is 11.5 Å². The number of benzene rings is 1. The van der Waals surface area contributed by atoms with Gasteiger partial charge in [0.1, 0.15) is 17.0 Å². The molecular formula is C36H47NO13. The van der Waals surface area contributed by atoms with Gasteiger partial charge in [-0.25, -0.2) is 19.2 Å². The molecule has 1 aromatic carbocycles. The van der Waals surface area contributed by atoms with Crippen LogP contribution in [0.15, 0.2) is 24.0 Å². The molecule has 0 saturated carbocycles. The van der Waals surface area contributed by atoms with Crippen molar-refractivity contribution >= 4 is 24.1 Å². The second-order valence-electron chi connectivity index (χ2n) is 16.2. The first kappa shape index (κ1) is 36.1. The van der Waals surface area contributed by atoms with E-state index in [2.05, 4.69) is 4.90 Å². The van der Waals surface area contributed by atoms with Gasteiger partial charge in [-0.3, -0.25) is 0 Å². The second-order valence-corrected chi connectivity index (χ2v) is 16.2. The second kappa shape index (κ2) is 11.9. The third-order valence-corrected chi connectivity index (χ3v) is 9.73. The van der Waals surface area contributed by atoms with E-state index >= 15 is 0 Å². The minimum atomic E-state index is -1.49. The minimum absolute atomic E-state index is 0.121. The fourth-order valence-electron chi connectivity index (χ4n) is 7.82. The molecule has 50 heavy (non-hydrogen) atoms. The van der Waals surface area contributed by atoms with Crippen LogP contribution in [0, 0.1) is 0 Å². The van der Waals surface area contributed by atoms with E-state index in [1.807, 2.05) is 13.1 Å². The highest BCUT2D eigenvalue weighted by molar-refractivity contribution is 5.88. The van der Waals surface area contributed by atoms with Gasteiger partial charge < -0.3 is 47.9 Å². The van der Waals surface area contributed by atoms with Crippen LogP contribution < -0.4 is 9.47 Å². The number of likely N-dealkylation sites (tertiary alicyclic amines) is 1. The number of aliphatic hydroxyl groups is 1. The fourth-order valence-corrected chi connectivity index (χ4v) is 7.82. The molecule has 3 heterocycles. The van der Waals surface area contributed by atoms with E-state index in [4.69, 9.17) is 37.9 Å². The predicted molar refractivity (Wildman–Crippen MR) is 173 cm³/mol. The number of nitrogens with zero attached hydrogens (tertiary/aromatic N) is 1. The normalized spacial score (nSPS) is 31.4. The van der Waals surface area contributed by atoms with Gasteiger partial charge in [-0.2, -0.15) is 0 Å². The average Bonchev–Trinajstić information content (AvgIpc) is 3.50. The summed E-state index contributed by atoms with van der Waals surface area (Å²) in [6, 6.07) is 3.25. The molecule has 2 aliphatic carbocycles. The van der Waals surface area contributed by atoms with E-state index in [1.165, 1.54) is 6.92 Å². The molecule has 0 amide bonds. The first-order valence-corrected chi connectivity index (χ1v) is 16.9. The van der Waals surface area contributed by atoms with Gasteiger partial charge in [0.05, 0.1) is 11.0 Å². The van der Waals surface area contributed by atoms with Crippen LogP contribution in [0.4, 0.5) is 4.79 Å². The SMILES string of the molecule is C[C@H](OC(=O)[C@@H]1OC(C)(C)O[C@H]1C(=O)OC(C)(C)C)C(=O)OC1=CC[C@]2(O)C3Cc4ccc(OC(=O)OC(C)(C)C)c5c4[C@@]2(CCN3C)[C@H]1O5. The summed E-state index contributed by atoms with van der Waals surface area (Å²) in [7, 11) is 1.97. The third kappa shape index (κ3) is 6.13. The quantitative estimate of drug-likeness (QED) is 0.260. The molecule has 14 nitrogen and oxygen atoms in total. The first-order valence-electron chi connectivity index (χ1n) is 16.9. The van der Waals surface area contributed by atoms with Crippen molar-refractivity contribution in [3.63, 3.8) is 0 Å². The Balaban J connectivity index is 1.24. The summed E-state index contributed by atoms with van der Waals surface area (Å²) >= 11 is 0. The largest absolute Gasteiger partial charge is 0.514 e. The number of hydrogen-bond acceptors (Lipinski definition) is 14. The summed E-state index contributed by atoms with van der Waals surface area (Å²) in [5.74, 6) is -3.51. The van der Waals surface area contributed by atoms with Crippen LogP contribution in [-0.2, 0) is 54.6 Å². The highest BCUT2D eigenvalue weighted by Crippen LogP contribution is 2.65. The van der Waals surface area contributed by atoms with Crippen molar-refractivity contribution in [1.29, 1.82) is 0 Å². The smallest absolute Gasteiger partial charge is 0.477 e. The number of likely N-dealkylation sites (N-methyl/N-ethyl adjacent to an activating group) is 1. The first-order chi connectivity index (χ1) is 23.0. The molecule has 1 spiro atoms. The van der Waals surface area contributed by atoms with E-state index in [1.54, 1.807) is 67.5 Å². The lowest BCUT2D eigenvalue weighted by molar-refractivity contribution is -0.183. The van der Waals surface area contributed by atoms with Crippen molar-refractivity contribution in [2.75, 3.05) is 13.6 Å². The summed E-state index contributed by atoms with van der Waals surface area (Å²) in [5.41, 5.74) is -2.34. The molecule has 1 unspecified atom stereocenters. The molecule has 14 heteroatoms. The molecule has 5 aliphatic rings. The van der Waals surface area contributed by atoms with Gasteiger partial charge in [-0.1, -0.05) is 6.07 Å². The van der Waals surface area contributed by atoms with E-state index in [-0.39, 0.29) is 29.7 Å². The van der Waals surface area contributed by atoms with Gasteiger partial charge in [-0.05, 0) is 106 Å². The number of hydrogen-bond donors (Lipinski definition) is 1. The van der Waals surface area contributed by atoms with Crippen molar-refractivity contribution in [2.24, 2.45) is 0 Å². The molecule has 6 rings (SSSR count). The molecule has 0 radical (unpaired) electrons. The van der Waals surface area contributed by atoms with Crippen molar-refractivity contribution in [3.05, 3.63) is 35.1 Å². The van der Waals surface area contributed by atoms with Gasteiger partial charge in [0.2, 0.25) is 0 Å². The number of carbonyl (C=O) groups excluding carboxylic acids is 4. The van der Waals surface area contributed by atoms with Crippen molar-refractivity contribution in [1.82, 2.24) is 4.90 Å². The molecule has 7 atom stereocenters. The number of rotatable bonds is 6. The zero-order valence-electron chi connectivity index (χ0n) is 30.2. The van der Waals surface area contributed by atoms with E-state index in [0.29, 0.717) is 24.9 Å². The summed E-state index contributed by atoms with van der Waals surface area (Å²) in [4.78, 5) is 54.6. The molecule has 2 fully saturated rings. The van der Waals surface area contributed by atoms with Gasteiger partial charge in [0.25, 0.3) is 0 Å². The maximum absolute atomic E-state index is 13.5. The molecular weight excluding hydrogens is 654 g/mol. The van der Waals surface area contributed by atoms with Gasteiger partial charge in [0.15, 0.2) is 41.7 Å². The Morgan fingerprint density at radius 1 is 0.960 bits per heavy atom. The molecule has 1 aromatic rings. The molecule has 274 valence electrons. The van der Waals surface area contributed by atoms with Crippen LogP contribution in [0.25, 0.3) is 0 Å². The van der Waals surface area contributed by atoms with Crippen LogP contribution in [0.2, 0.25) is 0 Å². The molecule has 2 bridgehead atoms. The topological polar surface area (TPSA) is 166 Å². The summed E-state index contributed by atoms with van der Waals surface area (Å²) in [5, 5.41) is 12.5. The summed E-state index contributed by atoms with van der Waals surface area (Å²) < 4.78 is 45.7. The molecule has 1 N–H and O–H groups in total. The Morgan fingerprint density at radius 2 is 1.60 bits per heavy atom. The Bertz CT molecular complexity index is 1640. The molecule has 2 saturated heterocycles. The number of esters is 3. The highest BCUT2D eigenvalue weighted by atomic mass is 16.8. The number of piperidine rings is 1. The van der Waals surface area contributed by atoms with E-state index < -0.39 is 76.5 Å². The van der Waals surface area contributed by atoms with E-state index in [0.717, 1.165) is 5.56 Å². The predicted octanol–water partition coefficient (Wildman–Crippen LogP) is 3.61. The Labute approximate surface area is 291 Å². The van der Waals surface area contributed by atoms with Gasteiger partial charge in [0, 0.05) is 18.0 Å². The maximum atomic E-state index is 13.5. The van der Waals surface area contributed by atoms with Crippen molar-refractivity contribution in [2.45, 2.75) is 140 Å². The zero-order valence-corrected chi connectivity index (χ0v) is 30.2. The van der Waals surface area contributed by atoms with Crippen LogP contribution >= 0.6 is 0 Å². The average molecular weight is 702 g/mol.